The molecule has 0 spiro atoms. The highest BCUT2D eigenvalue weighted by atomic mass is 32.5. The summed E-state index contributed by atoms with van der Waals surface area (Å²) in [5, 5.41) is 0. The van der Waals surface area contributed by atoms with E-state index in [9.17, 15) is 0 Å². The molecule has 56 valence electrons. The Morgan fingerprint density at radius 1 is 0.667 bits per heavy atom. The summed E-state index contributed by atoms with van der Waals surface area (Å²) in [5.41, 5.74) is 0. The minimum atomic E-state index is -0.814. The van der Waals surface area contributed by atoms with Gasteiger partial charge in [-0.05, 0) is 0 Å². The van der Waals surface area contributed by atoms with Gasteiger partial charge < -0.3 is 0 Å². The second kappa shape index (κ2) is 2.80. The van der Waals surface area contributed by atoms with Gasteiger partial charge in [0.15, 0.2) is 0 Å². The van der Waals surface area contributed by atoms with E-state index in [1.165, 1.54) is 0 Å². The van der Waals surface area contributed by atoms with Gasteiger partial charge in [0.2, 0.25) is 0 Å². The molecule has 0 aromatic rings. The fourth-order valence-electron chi connectivity index (χ4n) is 0.919. The molecule has 0 aliphatic carbocycles. The zero-order chi connectivity index (χ0) is 7.71. The molecule has 0 fully saturated rings. The molecular weight excluding hydrogens is 160 g/mol. The van der Waals surface area contributed by atoms with E-state index in [1.807, 2.05) is 0 Å². The molecule has 0 heterocycles. The van der Waals surface area contributed by atoms with Crippen LogP contribution in [0.25, 0.3) is 0 Å². The SMILES string of the molecule is C[Si](C)(C)S[Si](C)(C)C. The van der Waals surface area contributed by atoms with Crippen LogP contribution in [0.4, 0.5) is 0 Å². The first-order valence-electron chi connectivity index (χ1n) is 3.41. The Hall–Kier alpha value is 0.784. The normalized spacial score (nSPS) is 14.0. The lowest BCUT2D eigenvalue weighted by molar-refractivity contribution is 1.85. The standard InChI is InChI=1S/C6H18SSi2/c1-8(2,3)7-9(4,5)6/h1-6H3. The molecular formula is C6H18SSi2. The Labute approximate surface area is 64.7 Å². The maximum atomic E-state index is 2.43. The van der Waals surface area contributed by atoms with Gasteiger partial charge in [0.1, 0.15) is 14.4 Å². The predicted molar refractivity (Wildman–Crippen MR) is 54.3 cm³/mol. The van der Waals surface area contributed by atoms with Gasteiger partial charge in [0.25, 0.3) is 0 Å². The summed E-state index contributed by atoms with van der Waals surface area (Å²) in [5.74, 6) is 0. The van der Waals surface area contributed by atoms with E-state index in [0.717, 1.165) is 0 Å². The molecule has 0 bridgehead atoms. The predicted octanol–water partition coefficient (Wildman–Crippen LogP) is 3.39. The lowest BCUT2D eigenvalue weighted by atomic mass is 11.8. The minimum Gasteiger partial charge on any atom is -0.206 e. The fraction of sp³-hybridized carbons (Fsp3) is 1.00. The molecule has 0 atom stereocenters. The molecule has 0 saturated carbocycles. The maximum absolute atomic E-state index is 2.43. The third-order valence-corrected chi connectivity index (χ3v) is 16.5. The average Bonchev–Trinajstić information content (AvgIpc) is 1.14. The van der Waals surface area contributed by atoms with Crippen molar-refractivity contribution < 1.29 is 0 Å². The van der Waals surface area contributed by atoms with Gasteiger partial charge in [0.05, 0.1) is 0 Å². The Kier molecular flexibility index (Phi) is 3.05. The molecule has 0 rings (SSSR count). The van der Waals surface area contributed by atoms with Gasteiger partial charge in [-0.1, -0.05) is 39.3 Å². The molecule has 0 aliphatic rings. The Bertz CT molecular complexity index is 76.2. The van der Waals surface area contributed by atoms with Crippen LogP contribution in [0, 0.1) is 0 Å². The molecule has 9 heavy (non-hydrogen) atoms. The third kappa shape index (κ3) is 8.78. The van der Waals surface area contributed by atoms with Crippen molar-refractivity contribution in [3.05, 3.63) is 0 Å². The van der Waals surface area contributed by atoms with Crippen molar-refractivity contribution in [2.45, 2.75) is 39.3 Å². The van der Waals surface area contributed by atoms with E-state index in [0.29, 0.717) is 0 Å². The maximum Gasteiger partial charge on any atom is 0.101 e. The first-order valence-corrected chi connectivity index (χ1v) is 12.7. The van der Waals surface area contributed by atoms with E-state index < -0.39 is 14.4 Å². The largest absolute Gasteiger partial charge is 0.206 e. The van der Waals surface area contributed by atoms with Gasteiger partial charge in [0, 0.05) is 0 Å². The zero-order valence-corrected chi connectivity index (χ0v) is 10.2. The molecule has 3 heteroatoms. The Morgan fingerprint density at radius 2 is 0.889 bits per heavy atom. The summed E-state index contributed by atoms with van der Waals surface area (Å²) in [6.07, 6.45) is 0. The summed E-state index contributed by atoms with van der Waals surface area (Å²) >= 11 is 0. The van der Waals surface area contributed by atoms with Crippen molar-refractivity contribution in [2.24, 2.45) is 0 Å². The second-order valence-electron chi connectivity index (χ2n) is 4.33. The van der Waals surface area contributed by atoms with Crippen LogP contribution >= 0.6 is 10.7 Å². The monoisotopic (exact) mass is 178 g/mol. The van der Waals surface area contributed by atoms with Crippen molar-refractivity contribution in [1.29, 1.82) is 0 Å². The second-order valence-corrected chi connectivity index (χ2v) is 22.8. The van der Waals surface area contributed by atoms with Crippen LogP contribution in [-0.2, 0) is 0 Å². The van der Waals surface area contributed by atoms with Crippen molar-refractivity contribution in [3.8, 4) is 0 Å². The van der Waals surface area contributed by atoms with Crippen LogP contribution in [0.5, 0.6) is 0 Å². The van der Waals surface area contributed by atoms with Gasteiger partial charge in [-0.15, -0.1) is 0 Å². The summed E-state index contributed by atoms with van der Waals surface area (Å²) < 4.78 is 0. The van der Waals surface area contributed by atoms with Crippen LogP contribution in [-0.4, -0.2) is 14.4 Å². The summed E-state index contributed by atoms with van der Waals surface area (Å²) in [6.45, 7) is 14.6. The minimum absolute atomic E-state index is 0.814. The highest BCUT2D eigenvalue weighted by Crippen LogP contribution is 2.29. The van der Waals surface area contributed by atoms with E-state index in [4.69, 9.17) is 0 Å². The Balaban J connectivity index is 3.75. The third-order valence-electron chi connectivity index (χ3n) is 0.612. The van der Waals surface area contributed by atoms with Gasteiger partial charge in [-0.2, -0.15) is 0 Å². The van der Waals surface area contributed by atoms with Gasteiger partial charge in [-0.25, -0.2) is 10.7 Å². The molecule has 0 aliphatic heterocycles. The number of hydrogen-bond acceptors (Lipinski definition) is 1. The van der Waals surface area contributed by atoms with E-state index in [-0.39, 0.29) is 0 Å². The molecule has 0 N–H and O–H groups in total. The van der Waals surface area contributed by atoms with Crippen molar-refractivity contribution in [2.75, 3.05) is 0 Å². The van der Waals surface area contributed by atoms with Crippen LogP contribution in [0.15, 0.2) is 0 Å². The molecule has 0 radical (unpaired) electrons. The van der Waals surface area contributed by atoms with E-state index in [1.54, 1.807) is 0 Å². The molecule has 0 unspecified atom stereocenters. The van der Waals surface area contributed by atoms with Crippen molar-refractivity contribution in [3.63, 3.8) is 0 Å². The van der Waals surface area contributed by atoms with Crippen LogP contribution in [0.2, 0.25) is 39.3 Å². The quantitative estimate of drug-likeness (QED) is 0.584. The highest BCUT2D eigenvalue weighted by Gasteiger charge is 2.24. The zero-order valence-electron chi connectivity index (χ0n) is 7.41. The highest BCUT2D eigenvalue weighted by molar-refractivity contribution is 8.49. The van der Waals surface area contributed by atoms with Gasteiger partial charge in [-0.3, -0.25) is 0 Å². The summed E-state index contributed by atoms with van der Waals surface area (Å²) in [7, 11) is 0.663. The van der Waals surface area contributed by atoms with E-state index in [2.05, 4.69) is 49.9 Å². The molecule has 0 saturated heterocycles. The number of hydrogen-bond donors (Lipinski definition) is 0. The fourth-order valence-corrected chi connectivity index (χ4v) is 24.8. The van der Waals surface area contributed by atoms with Crippen LogP contribution in [0.3, 0.4) is 0 Å². The van der Waals surface area contributed by atoms with Crippen LogP contribution < -0.4 is 0 Å². The first kappa shape index (κ1) is 9.78. The Morgan fingerprint density at radius 3 is 0.889 bits per heavy atom. The molecule has 0 amide bonds. The average molecular weight is 178 g/mol. The van der Waals surface area contributed by atoms with Crippen molar-refractivity contribution in [1.82, 2.24) is 0 Å². The van der Waals surface area contributed by atoms with E-state index >= 15 is 0 Å². The smallest absolute Gasteiger partial charge is 0.101 e. The van der Waals surface area contributed by atoms with Crippen LogP contribution in [0.1, 0.15) is 0 Å². The van der Waals surface area contributed by atoms with Gasteiger partial charge >= 0.3 is 0 Å². The molecule has 0 aromatic carbocycles. The number of rotatable bonds is 2. The molecule has 0 nitrogen and oxygen atoms in total. The summed E-state index contributed by atoms with van der Waals surface area (Å²) in [6, 6.07) is 0. The lowest BCUT2D eigenvalue weighted by Gasteiger charge is -2.25. The van der Waals surface area contributed by atoms with Crippen molar-refractivity contribution >= 4 is 25.1 Å². The lowest BCUT2D eigenvalue weighted by Crippen LogP contribution is -2.27. The molecule has 0 aromatic heterocycles. The summed E-state index contributed by atoms with van der Waals surface area (Å²) in [4.78, 5) is 0. The first-order chi connectivity index (χ1) is 3.71. The topological polar surface area (TPSA) is 0 Å².